The molecule has 0 spiro atoms. The number of amides is 1. The van der Waals surface area contributed by atoms with E-state index in [9.17, 15) is 9.59 Å². The lowest BCUT2D eigenvalue weighted by atomic mass is 10.2. The van der Waals surface area contributed by atoms with E-state index in [-0.39, 0.29) is 11.5 Å². The lowest BCUT2D eigenvalue weighted by Gasteiger charge is -2.17. The number of thiazole rings is 1. The number of hydrogen-bond acceptors (Lipinski definition) is 5. The van der Waals surface area contributed by atoms with Gasteiger partial charge in [-0.2, -0.15) is 11.8 Å². The van der Waals surface area contributed by atoms with Crippen LogP contribution in [0.3, 0.4) is 0 Å². The highest BCUT2D eigenvalue weighted by Crippen LogP contribution is 2.28. The van der Waals surface area contributed by atoms with Crippen LogP contribution in [0.2, 0.25) is 0 Å². The Balaban J connectivity index is 1.33. The molecule has 0 radical (unpaired) electrons. The summed E-state index contributed by atoms with van der Waals surface area (Å²) in [6, 6.07) is 9.70. The second-order valence-corrected chi connectivity index (χ2v) is 8.25. The summed E-state index contributed by atoms with van der Waals surface area (Å²) in [5.74, 6) is 1.54. The Bertz CT molecular complexity index is 1030. The van der Waals surface area contributed by atoms with Crippen molar-refractivity contribution in [2.75, 3.05) is 17.2 Å². The molecule has 0 aliphatic carbocycles. The first-order chi connectivity index (χ1) is 12.6. The summed E-state index contributed by atoms with van der Waals surface area (Å²) in [6.07, 6.45) is 1.43. The van der Waals surface area contributed by atoms with Gasteiger partial charge in [0.1, 0.15) is 0 Å². The van der Waals surface area contributed by atoms with Crippen molar-refractivity contribution < 1.29 is 4.79 Å². The molecule has 134 valence electrons. The molecule has 0 saturated carbocycles. The number of hydrogen-bond donors (Lipinski definition) is 0. The van der Waals surface area contributed by atoms with Crippen LogP contribution in [-0.4, -0.2) is 27.6 Å². The fourth-order valence-electron chi connectivity index (χ4n) is 3.24. The molecular weight excluding hydrogens is 366 g/mol. The van der Waals surface area contributed by atoms with Gasteiger partial charge in [0.2, 0.25) is 5.91 Å². The number of nitrogens with zero attached hydrogens (tertiary/aromatic N) is 3. The topological polar surface area (TPSA) is 54.7 Å². The summed E-state index contributed by atoms with van der Waals surface area (Å²) in [4.78, 5) is 31.8. The van der Waals surface area contributed by atoms with Gasteiger partial charge in [0.15, 0.2) is 4.96 Å². The van der Waals surface area contributed by atoms with Crippen LogP contribution in [-0.2, 0) is 17.0 Å². The van der Waals surface area contributed by atoms with Gasteiger partial charge in [-0.05, 0) is 25.0 Å². The van der Waals surface area contributed by atoms with Gasteiger partial charge in [-0.3, -0.25) is 14.0 Å². The molecule has 3 aromatic rings. The third kappa shape index (κ3) is 3.29. The van der Waals surface area contributed by atoms with Crippen LogP contribution < -0.4 is 10.5 Å². The first-order valence-electron chi connectivity index (χ1n) is 8.56. The zero-order chi connectivity index (χ0) is 18.1. The van der Waals surface area contributed by atoms with E-state index in [0.717, 1.165) is 40.8 Å². The Morgan fingerprint density at radius 1 is 1.35 bits per heavy atom. The number of benzene rings is 1. The molecule has 1 aliphatic rings. The zero-order valence-corrected chi connectivity index (χ0v) is 16.1. The van der Waals surface area contributed by atoms with Gasteiger partial charge in [-0.1, -0.05) is 18.2 Å². The van der Waals surface area contributed by atoms with Crippen molar-refractivity contribution in [2.24, 2.45) is 0 Å². The summed E-state index contributed by atoms with van der Waals surface area (Å²) in [7, 11) is 0. The van der Waals surface area contributed by atoms with E-state index in [1.807, 2.05) is 35.4 Å². The molecule has 0 N–H and O–H groups in total. The number of carbonyl (C=O) groups excluding carboxylic acids is 1. The Morgan fingerprint density at radius 3 is 3.08 bits per heavy atom. The van der Waals surface area contributed by atoms with Gasteiger partial charge in [0.25, 0.3) is 5.56 Å². The molecular formula is C19H19N3O2S2. The smallest absolute Gasteiger partial charge is 0.258 e. The maximum Gasteiger partial charge on any atom is 0.258 e. The van der Waals surface area contributed by atoms with E-state index in [1.165, 1.54) is 16.9 Å². The van der Waals surface area contributed by atoms with E-state index in [4.69, 9.17) is 0 Å². The molecule has 5 nitrogen and oxygen atoms in total. The van der Waals surface area contributed by atoms with Crippen molar-refractivity contribution in [2.45, 2.75) is 25.5 Å². The van der Waals surface area contributed by atoms with Gasteiger partial charge in [0, 0.05) is 47.3 Å². The number of anilines is 1. The highest BCUT2D eigenvalue weighted by Gasteiger charge is 2.23. The van der Waals surface area contributed by atoms with Crippen LogP contribution in [0, 0.1) is 6.92 Å². The molecule has 1 amide bonds. The van der Waals surface area contributed by atoms with Crippen LogP contribution in [0.1, 0.15) is 23.4 Å². The van der Waals surface area contributed by atoms with Gasteiger partial charge < -0.3 is 4.90 Å². The summed E-state index contributed by atoms with van der Waals surface area (Å²) in [5.41, 5.74) is 3.96. The van der Waals surface area contributed by atoms with Crippen molar-refractivity contribution in [1.82, 2.24) is 9.38 Å². The Kier molecular flexibility index (Phi) is 4.82. The third-order valence-electron chi connectivity index (χ3n) is 4.53. The van der Waals surface area contributed by atoms with Gasteiger partial charge in [-0.15, -0.1) is 11.3 Å². The number of aryl methyl sites for hydroxylation is 1. The zero-order valence-electron chi connectivity index (χ0n) is 14.5. The van der Waals surface area contributed by atoms with Crippen LogP contribution in [0.25, 0.3) is 4.96 Å². The molecule has 4 rings (SSSR count). The molecule has 0 saturated heterocycles. The van der Waals surface area contributed by atoms with Crippen LogP contribution in [0.5, 0.6) is 0 Å². The molecule has 3 heterocycles. The highest BCUT2D eigenvalue weighted by molar-refractivity contribution is 7.98. The van der Waals surface area contributed by atoms with Crippen molar-refractivity contribution in [3.63, 3.8) is 0 Å². The quantitative estimate of drug-likeness (QED) is 0.633. The predicted molar refractivity (Wildman–Crippen MR) is 107 cm³/mol. The Hall–Kier alpha value is -2.12. The summed E-state index contributed by atoms with van der Waals surface area (Å²) < 4.78 is 1.63. The highest BCUT2D eigenvalue weighted by atomic mass is 32.2. The normalized spacial score (nSPS) is 13.3. The molecule has 7 heteroatoms. The van der Waals surface area contributed by atoms with E-state index in [2.05, 4.69) is 11.1 Å². The largest absolute Gasteiger partial charge is 0.312 e. The summed E-state index contributed by atoms with van der Waals surface area (Å²) in [5, 5.41) is 1.94. The Labute approximate surface area is 159 Å². The summed E-state index contributed by atoms with van der Waals surface area (Å²) >= 11 is 3.12. The van der Waals surface area contributed by atoms with Crippen LogP contribution in [0.4, 0.5) is 5.69 Å². The van der Waals surface area contributed by atoms with E-state index < -0.39 is 0 Å². The van der Waals surface area contributed by atoms with Crippen molar-refractivity contribution >= 4 is 39.7 Å². The fourth-order valence-corrected chi connectivity index (χ4v) is 4.95. The first-order valence-corrected chi connectivity index (χ1v) is 10.6. The van der Waals surface area contributed by atoms with Crippen LogP contribution in [0.15, 0.2) is 40.5 Å². The average Bonchev–Trinajstić information content (AvgIpc) is 3.23. The lowest BCUT2D eigenvalue weighted by molar-refractivity contribution is -0.118. The van der Waals surface area contributed by atoms with Crippen molar-refractivity contribution in [1.29, 1.82) is 0 Å². The minimum absolute atomic E-state index is 0.0332. The number of rotatable bonds is 5. The predicted octanol–water partition coefficient (Wildman–Crippen LogP) is 3.28. The monoisotopic (exact) mass is 385 g/mol. The van der Waals surface area contributed by atoms with E-state index >= 15 is 0 Å². The second-order valence-electron chi connectivity index (χ2n) is 6.31. The lowest BCUT2D eigenvalue weighted by Crippen LogP contribution is -2.29. The first kappa shape index (κ1) is 17.3. The van der Waals surface area contributed by atoms with Gasteiger partial charge >= 0.3 is 0 Å². The summed E-state index contributed by atoms with van der Waals surface area (Å²) in [6.45, 7) is 2.68. The minimum atomic E-state index is -0.0332. The average molecular weight is 386 g/mol. The maximum absolute atomic E-state index is 12.5. The minimum Gasteiger partial charge on any atom is -0.312 e. The number of fused-ring (bicyclic) bond motifs is 2. The van der Waals surface area contributed by atoms with Gasteiger partial charge in [-0.25, -0.2) is 4.98 Å². The van der Waals surface area contributed by atoms with Crippen LogP contribution >= 0.6 is 23.1 Å². The molecule has 0 fully saturated rings. The SMILES string of the molecule is Cc1csc2nc(CSCCC(=O)N3CCc4ccccc43)cc(=O)n12. The number of thioether (sulfide) groups is 1. The third-order valence-corrected chi connectivity index (χ3v) is 6.46. The van der Waals surface area contributed by atoms with Crippen molar-refractivity contribution in [3.8, 4) is 0 Å². The van der Waals surface area contributed by atoms with Crippen molar-refractivity contribution in [3.05, 3.63) is 63.0 Å². The molecule has 1 aromatic carbocycles. The number of carbonyl (C=O) groups is 1. The molecule has 26 heavy (non-hydrogen) atoms. The standard InChI is InChI=1S/C19H19N3O2S2/c1-13-11-26-19-20-15(10-18(24)22(13)19)12-25-9-7-17(23)21-8-6-14-4-2-3-5-16(14)21/h2-5,10-11H,6-9,12H2,1H3. The fraction of sp³-hybridized carbons (Fsp3) is 0.316. The van der Waals surface area contributed by atoms with Gasteiger partial charge in [0.05, 0.1) is 5.69 Å². The molecule has 1 aliphatic heterocycles. The second kappa shape index (κ2) is 7.25. The molecule has 2 aromatic heterocycles. The number of para-hydroxylation sites is 1. The van der Waals surface area contributed by atoms with E-state index in [1.54, 1.807) is 22.2 Å². The maximum atomic E-state index is 12.5. The number of aromatic nitrogens is 2. The van der Waals surface area contributed by atoms with E-state index in [0.29, 0.717) is 12.2 Å². The molecule has 0 unspecified atom stereocenters. The molecule has 0 atom stereocenters. The molecule has 0 bridgehead atoms. The Morgan fingerprint density at radius 2 is 2.19 bits per heavy atom.